The summed E-state index contributed by atoms with van der Waals surface area (Å²) in [6.07, 6.45) is 1.63. The van der Waals surface area contributed by atoms with Gasteiger partial charge in [-0.3, -0.25) is 14.6 Å². The number of amides is 1. The molecular formula is C27H28N2O5. The van der Waals surface area contributed by atoms with Gasteiger partial charge in [-0.1, -0.05) is 32.9 Å². The molecule has 0 radical (unpaired) electrons. The molecule has 1 aliphatic heterocycles. The molecule has 3 aromatic rings. The number of methoxy groups -OCH3 is 1. The van der Waals surface area contributed by atoms with Crippen LogP contribution >= 0.6 is 0 Å². The summed E-state index contributed by atoms with van der Waals surface area (Å²) in [7, 11) is 1.50. The summed E-state index contributed by atoms with van der Waals surface area (Å²) < 4.78 is 11.3. The molecule has 1 fully saturated rings. The van der Waals surface area contributed by atoms with Crippen molar-refractivity contribution in [3.63, 3.8) is 0 Å². The standard InChI is InChI=1S/C27H28N2O5/c1-16-9-11-21(34-16)23-22(25(31)26(32)29(23)15-18-8-6-7-13-28-18)24(30)19-14-17(27(2,3)4)10-12-20(19)33-5/h6-14,23,30H,15H2,1-5H3/b24-22+. The zero-order chi connectivity index (χ0) is 24.6. The van der Waals surface area contributed by atoms with Gasteiger partial charge in [0.2, 0.25) is 0 Å². The summed E-state index contributed by atoms with van der Waals surface area (Å²) in [5.74, 6) is -0.390. The summed E-state index contributed by atoms with van der Waals surface area (Å²) in [6, 6.07) is 13.4. The van der Waals surface area contributed by atoms with Crippen LogP contribution < -0.4 is 4.74 Å². The first-order valence-electron chi connectivity index (χ1n) is 11.1. The second kappa shape index (κ2) is 8.82. The summed E-state index contributed by atoms with van der Waals surface area (Å²) in [6.45, 7) is 8.03. The van der Waals surface area contributed by atoms with Gasteiger partial charge in [-0.25, -0.2) is 0 Å². The number of hydrogen-bond donors (Lipinski definition) is 1. The lowest BCUT2D eigenvalue weighted by Gasteiger charge is -2.24. The molecule has 1 amide bonds. The number of pyridine rings is 1. The van der Waals surface area contributed by atoms with Crippen molar-refractivity contribution in [2.75, 3.05) is 7.11 Å². The molecule has 4 rings (SSSR count). The summed E-state index contributed by atoms with van der Waals surface area (Å²) in [5.41, 5.74) is 1.66. The van der Waals surface area contributed by atoms with E-state index < -0.39 is 17.7 Å². The minimum absolute atomic E-state index is 0.0420. The molecule has 0 bridgehead atoms. The Morgan fingerprint density at radius 2 is 1.91 bits per heavy atom. The minimum atomic E-state index is -0.904. The third kappa shape index (κ3) is 4.21. The predicted molar refractivity (Wildman–Crippen MR) is 127 cm³/mol. The van der Waals surface area contributed by atoms with Crippen LogP contribution in [0.3, 0.4) is 0 Å². The largest absolute Gasteiger partial charge is 0.507 e. The van der Waals surface area contributed by atoms with Crippen LogP contribution in [0.25, 0.3) is 5.76 Å². The van der Waals surface area contributed by atoms with Crippen LogP contribution in [0.5, 0.6) is 5.75 Å². The number of aryl methyl sites for hydroxylation is 1. The lowest BCUT2D eigenvalue weighted by Crippen LogP contribution is -2.29. The quantitative estimate of drug-likeness (QED) is 0.330. The average Bonchev–Trinajstić information content (AvgIpc) is 3.34. The van der Waals surface area contributed by atoms with Crippen LogP contribution in [-0.2, 0) is 21.5 Å². The predicted octanol–water partition coefficient (Wildman–Crippen LogP) is 4.91. The van der Waals surface area contributed by atoms with E-state index >= 15 is 0 Å². The number of likely N-dealkylation sites (tertiary alicyclic amines) is 1. The molecule has 1 aliphatic rings. The molecule has 1 saturated heterocycles. The Hall–Kier alpha value is -3.87. The molecule has 0 spiro atoms. The van der Waals surface area contributed by atoms with Crippen LogP contribution in [0.2, 0.25) is 0 Å². The SMILES string of the molecule is COc1ccc(C(C)(C)C)cc1/C(O)=C1\C(=O)C(=O)N(Cc2ccccn2)C1c1ccc(C)o1. The van der Waals surface area contributed by atoms with Gasteiger partial charge < -0.3 is 19.2 Å². The van der Waals surface area contributed by atoms with Gasteiger partial charge in [0.1, 0.15) is 29.1 Å². The highest BCUT2D eigenvalue weighted by molar-refractivity contribution is 6.46. The van der Waals surface area contributed by atoms with E-state index in [9.17, 15) is 14.7 Å². The number of carbonyl (C=O) groups is 2. The highest BCUT2D eigenvalue weighted by Crippen LogP contribution is 2.42. The van der Waals surface area contributed by atoms with E-state index in [4.69, 9.17) is 9.15 Å². The van der Waals surface area contributed by atoms with Crippen LogP contribution in [0, 0.1) is 6.92 Å². The highest BCUT2D eigenvalue weighted by Gasteiger charge is 2.48. The van der Waals surface area contributed by atoms with E-state index in [1.54, 1.807) is 49.5 Å². The normalized spacial score (nSPS) is 17.9. The number of ether oxygens (including phenoxy) is 1. The number of benzene rings is 1. The van der Waals surface area contributed by atoms with Crippen LogP contribution in [0.15, 0.2) is 64.7 Å². The Morgan fingerprint density at radius 1 is 1.15 bits per heavy atom. The fraction of sp³-hybridized carbons (Fsp3) is 0.296. The molecule has 1 unspecified atom stereocenters. The Kier molecular flexibility index (Phi) is 6.04. The summed E-state index contributed by atoms with van der Waals surface area (Å²) >= 11 is 0. The Labute approximate surface area is 198 Å². The number of nitrogens with zero attached hydrogens (tertiary/aromatic N) is 2. The Balaban J connectivity index is 1.91. The number of aliphatic hydroxyl groups is 1. The smallest absolute Gasteiger partial charge is 0.296 e. The maximum atomic E-state index is 13.3. The second-order valence-electron chi connectivity index (χ2n) is 9.36. The van der Waals surface area contributed by atoms with E-state index in [1.807, 2.05) is 12.1 Å². The fourth-order valence-electron chi connectivity index (χ4n) is 4.11. The average molecular weight is 461 g/mol. The molecular weight excluding hydrogens is 432 g/mol. The van der Waals surface area contributed by atoms with Crippen molar-refractivity contribution in [3.05, 3.63) is 88.6 Å². The maximum Gasteiger partial charge on any atom is 0.296 e. The lowest BCUT2D eigenvalue weighted by atomic mass is 9.85. The molecule has 1 aromatic carbocycles. The van der Waals surface area contributed by atoms with Gasteiger partial charge in [0, 0.05) is 6.20 Å². The zero-order valence-electron chi connectivity index (χ0n) is 20.0. The first-order valence-corrected chi connectivity index (χ1v) is 11.1. The van der Waals surface area contributed by atoms with Gasteiger partial charge in [0.25, 0.3) is 11.7 Å². The highest BCUT2D eigenvalue weighted by atomic mass is 16.5. The van der Waals surface area contributed by atoms with E-state index in [0.717, 1.165) is 5.56 Å². The third-order valence-corrected chi connectivity index (χ3v) is 5.95. The first kappa shape index (κ1) is 23.3. The number of ketones is 1. The molecule has 176 valence electrons. The number of furan rings is 1. The molecule has 7 nitrogen and oxygen atoms in total. The number of aromatic nitrogens is 1. The van der Waals surface area contributed by atoms with Crippen LogP contribution in [0.1, 0.15) is 55.2 Å². The fourth-order valence-corrected chi connectivity index (χ4v) is 4.11. The van der Waals surface area contributed by atoms with Gasteiger partial charge in [-0.05, 0) is 54.3 Å². The minimum Gasteiger partial charge on any atom is -0.507 e. The summed E-state index contributed by atoms with van der Waals surface area (Å²) in [4.78, 5) is 32.1. The van der Waals surface area contributed by atoms with E-state index in [-0.39, 0.29) is 23.3 Å². The topological polar surface area (TPSA) is 92.9 Å². The van der Waals surface area contributed by atoms with Crippen LogP contribution in [0.4, 0.5) is 0 Å². The van der Waals surface area contributed by atoms with Gasteiger partial charge in [0.05, 0.1) is 30.5 Å². The molecule has 2 aromatic heterocycles. The van der Waals surface area contributed by atoms with Gasteiger partial charge in [-0.15, -0.1) is 0 Å². The van der Waals surface area contributed by atoms with Crippen molar-refractivity contribution in [2.45, 2.75) is 45.7 Å². The lowest BCUT2D eigenvalue weighted by molar-refractivity contribution is -0.140. The number of carbonyl (C=O) groups excluding carboxylic acids is 2. The molecule has 1 atom stereocenters. The molecule has 0 saturated carbocycles. The third-order valence-electron chi connectivity index (χ3n) is 5.95. The Bertz CT molecular complexity index is 1270. The molecule has 3 heterocycles. The van der Waals surface area contributed by atoms with E-state index in [2.05, 4.69) is 25.8 Å². The van der Waals surface area contributed by atoms with Crippen molar-refractivity contribution in [1.82, 2.24) is 9.88 Å². The van der Waals surface area contributed by atoms with Crippen molar-refractivity contribution in [2.24, 2.45) is 0 Å². The molecule has 34 heavy (non-hydrogen) atoms. The molecule has 7 heteroatoms. The zero-order valence-corrected chi connectivity index (χ0v) is 20.0. The van der Waals surface area contributed by atoms with E-state index in [0.29, 0.717) is 28.5 Å². The van der Waals surface area contributed by atoms with E-state index in [1.165, 1.54) is 12.0 Å². The summed E-state index contributed by atoms with van der Waals surface area (Å²) in [5, 5.41) is 11.5. The number of rotatable bonds is 5. The van der Waals surface area contributed by atoms with Gasteiger partial charge in [0.15, 0.2) is 0 Å². The van der Waals surface area contributed by atoms with Crippen molar-refractivity contribution in [1.29, 1.82) is 0 Å². The second-order valence-corrected chi connectivity index (χ2v) is 9.36. The first-order chi connectivity index (χ1) is 16.1. The maximum absolute atomic E-state index is 13.3. The van der Waals surface area contributed by atoms with Gasteiger partial charge in [-0.2, -0.15) is 0 Å². The van der Waals surface area contributed by atoms with Crippen molar-refractivity contribution < 1.29 is 23.8 Å². The number of Topliss-reactive ketones (excluding diaryl/α,β-unsaturated/α-hetero) is 1. The monoisotopic (exact) mass is 460 g/mol. The number of hydrogen-bond acceptors (Lipinski definition) is 6. The molecule has 0 aliphatic carbocycles. The van der Waals surface area contributed by atoms with Crippen molar-refractivity contribution >= 4 is 17.4 Å². The Morgan fingerprint density at radius 3 is 2.50 bits per heavy atom. The van der Waals surface area contributed by atoms with Crippen LogP contribution in [-0.4, -0.2) is 33.8 Å². The molecule has 1 N–H and O–H groups in total. The number of aliphatic hydroxyl groups excluding tert-OH is 1. The van der Waals surface area contributed by atoms with Gasteiger partial charge >= 0.3 is 0 Å². The van der Waals surface area contributed by atoms with Crippen molar-refractivity contribution in [3.8, 4) is 5.75 Å².